The molecule has 1 heterocycles. The van der Waals surface area contributed by atoms with E-state index in [1.54, 1.807) is 6.20 Å². The van der Waals surface area contributed by atoms with Crippen molar-refractivity contribution in [2.45, 2.75) is 49.9 Å². The number of carboxylic acid groups (broad SMARTS) is 3. The quantitative estimate of drug-likeness (QED) is 0.120. The second-order valence-corrected chi connectivity index (χ2v) is 8.77. The van der Waals surface area contributed by atoms with Crippen molar-refractivity contribution in [2.24, 2.45) is 5.73 Å². The Morgan fingerprint density at radius 2 is 1.47 bits per heavy atom. The molecule has 38 heavy (non-hydrogen) atoms. The number of hydrogen-bond donors (Lipinski definition) is 9. The number of para-hydroxylation sites is 1. The second-order valence-electron chi connectivity index (χ2n) is 8.40. The first-order chi connectivity index (χ1) is 17.9. The van der Waals surface area contributed by atoms with Crippen LogP contribution in [0.2, 0.25) is 0 Å². The van der Waals surface area contributed by atoms with Crippen molar-refractivity contribution < 1.29 is 44.1 Å². The molecule has 0 aliphatic heterocycles. The molecule has 0 fully saturated rings. The Balaban J connectivity index is 2.09. The molecule has 0 saturated heterocycles. The van der Waals surface area contributed by atoms with E-state index < -0.39 is 72.6 Å². The lowest BCUT2D eigenvalue weighted by Crippen LogP contribution is -2.58. The van der Waals surface area contributed by atoms with Gasteiger partial charge in [0, 0.05) is 29.3 Å². The predicted octanol–water partition coefficient (Wildman–Crippen LogP) is -1.15. The minimum atomic E-state index is -1.76. The van der Waals surface area contributed by atoms with Gasteiger partial charge in [-0.25, -0.2) is 4.79 Å². The van der Waals surface area contributed by atoms with E-state index in [-0.39, 0.29) is 18.6 Å². The van der Waals surface area contributed by atoms with Crippen LogP contribution in [-0.2, 0) is 35.2 Å². The average Bonchev–Trinajstić information content (AvgIpc) is 3.26. The average molecular weight is 552 g/mol. The lowest BCUT2D eigenvalue weighted by atomic mass is 10.0. The molecule has 0 aliphatic carbocycles. The van der Waals surface area contributed by atoms with Crippen molar-refractivity contribution in [1.29, 1.82) is 0 Å². The number of carbonyl (C=O) groups is 6. The van der Waals surface area contributed by atoms with Crippen molar-refractivity contribution in [3.8, 4) is 0 Å². The van der Waals surface area contributed by atoms with Crippen LogP contribution in [0.1, 0.15) is 24.8 Å². The summed E-state index contributed by atoms with van der Waals surface area (Å²) < 4.78 is 0. The highest BCUT2D eigenvalue weighted by atomic mass is 32.1. The molecule has 0 bridgehead atoms. The second kappa shape index (κ2) is 14.0. The monoisotopic (exact) mass is 551 g/mol. The molecule has 2 aromatic rings. The Labute approximate surface area is 221 Å². The van der Waals surface area contributed by atoms with Crippen LogP contribution in [0.3, 0.4) is 0 Å². The summed E-state index contributed by atoms with van der Waals surface area (Å²) in [6, 6.07) is 1.71. The van der Waals surface area contributed by atoms with E-state index in [0.29, 0.717) is 0 Å². The van der Waals surface area contributed by atoms with Crippen LogP contribution in [0.25, 0.3) is 10.9 Å². The molecule has 0 saturated carbocycles. The number of hydrogen-bond acceptors (Lipinski definition) is 8. The van der Waals surface area contributed by atoms with Crippen molar-refractivity contribution in [3.05, 3.63) is 36.0 Å². The maximum atomic E-state index is 12.9. The number of aliphatic carboxylic acids is 3. The molecule has 1 aromatic carbocycles. The van der Waals surface area contributed by atoms with Crippen molar-refractivity contribution >= 4 is 59.2 Å². The molecule has 3 amide bonds. The minimum absolute atomic E-state index is 0.116. The fourth-order valence-electron chi connectivity index (χ4n) is 3.56. The third-order valence-corrected chi connectivity index (χ3v) is 5.91. The Morgan fingerprint density at radius 1 is 0.868 bits per heavy atom. The molecule has 0 aliphatic rings. The van der Waals surface area contributed by atoms with Gasteiger partial charge in [-0.3, -0.25) is 24.0 Å². The molecule has 2 rings (SSSR count). The molecule has 0 radical (unpaired) electrons. The zero-order valence-electron chi connectivity index (χ0n) is 20.0. The number of aromatic nitrogens is 1. The van der Waals surface area contributed by atoms with Gasteiger partial charge < -0.3 is 42.0 Å². The van der Waals surface area contributed by atoms with Gasteiger partial charge in [0.15, 0.2) is 0 Å². The SMILES string of the molecule is NC(Cc1c[nH]c2ccccc12)C(=O)NC(CCC(=O)O)C(=O)NC(CS)C(=O)NC(CC(=O)O)C(=O)O. The van der Waals surface area contributed by atoms with Crippen molar-refractivity contribution in [2.75, 3.05) is 5.75 Å². The molecule has 9 N–H and O–H groups in total. The van der Waals surface area contributed by atoms with Crippen molar-refractivity contribution in [1.82, 2.24) is 20.9 Å². The lowest BCUT2D eigenvalue weighted by Gasteiger charge is -2.24. The first kappa shape index (κ1) is 30.1. The molecule has 14 nitrogen and oxygen atoms in total. The standard InChI is InChI=1S/C23H29N5O9S/c24-13(7-11-9-25-14-4-2-1-3-12(11)14)20(33)26-15(5-6-18(29)30)21(34)28-17(10-38)22(35)27-16(23(36)37)8-19(31)32/h1-4,9,13,15-17,25,38H,5-8,10,24H2,(H,26,33)(H,27,35)(H,28,34)(H,29,30)(H,31,32)(H,36,37). The number of carboxylic acids is 3. The number of fused-ring (bicyclic) bond motifs is 1. The van der Waals surface area contributed by atoms with Crippen LogP contribution < -0.4 is 21.7 Å². The van der Waals surface area contributed by atoms with Gasteiger partial charge in [-0.15, -0.1) is 0 Å². The van der Waals surface area contributed by atoms with Crippen LogP contribution in [0, 0.1) is 0 Å². The van der Waals surface area contributed by atoms with E-state index >= 15 is 0 Å². The number of amides is 3. The summed E-state index contributed by atoms with van der Waals surface area (Å²) >= 11 is 3.96. The number of aromatic amines is 1. The van der Waals surface area contributed by atoms with Crippen LogP contribution in [0.5, 0.6) is 0 Å². The summed E-state index contributed by atoms with van der Waals surface area (Å²) in [6.45, 7) is 0. The third kappa shape index (κ3) is 8.77. The molecule has 15 heteroatoms. The van der Waals surface area contributed by atoms with Crippen LogP contribution in [-0.4, -0.2) is 85.9 Å². The largest absolute Gasteiger partial charge is 0.481 e. The van der Waals surface area contributed by atoms with Gasteiger partial charge >= 0.3 is 17.9 Å². The minimum Gasteiger partial charge on any atom is -0.481 e. The van der Waals surface area contributed by atoms with Gasteiger partial charge in [0.2, 0.25) is 17.7 Å². The van der Waals surface area contributed by atoms with E-state index in [1.165, 1.54) is 0 Å². The molecule has 4 atom stereocenters. The first-order valence-corrected chi connectivity index (χ1v) is 12.0. The molecule has 206 valence electrons. The van der Waals surface area contributed by atoms with Gasteiger partial charge in [0.1, 0.15) is 18.1 Å². The van der Waals surface area contributed by atoms with Crippen LogP contribution >= 0.6 is 12.6 Å². The van der Waals surface area contributed by atoms with Crippen molar-refractivity contribution in [3.63, 3.8) is 0 Å². The number of rotatable bonds is 15. The number of nitrogens with two attached hydrogens (primary N) is 1. The highest BCUT2D eigenvalue weighted by molar-refractivity contribution is 7.80. The smallest absolute Gasteiger partial charge is 0.326 e. The number of carbonyl (C=O) groups excluding carboxylic acids is 3. The number of benzene rings is 1. The Hall–Kier alpha value is -4.11. The zero-order valence-corrected chi connectivity index (χ0v) is 20.9. The molecular formula is C23H29N5O9S. The van der Waals surface area contributed by atoms with E-state index in [4.69, 9.17) is 21.1 Å². The summed E-state index contributed by atoms with van der Waals surface area (Å²) in [6.07, 6.45) is 0.0970. The Kier molecular flexibility index (Phi) is 11.1. The van der Waals surface area contributed by atoms with E-state index in [1.807, 2.05) is 29.6 Å². The van der Waals surface area contributed by atoms with E-state index in [9.17, 15) is 28.8 Å². The molecule has 4 unspecified atom stereocenters. The summed E-state index contributed by atoms with van der Waals surface area (Å²) in [7, 11) is 0. The highest BCUT2D eigenvalue weighted by Crippen LogP contribution is 2.18. The number of nitrogens with one attached hydrogen (secondary N) is 4. The normalized spacial score (nSPS) is 14.1. The van der Waals surface area contributed by atoms with E-state index in [2.05, 4.69) is 28.2 Å². The van der Waals surface area contributed by atoms with Gasteiger partial charge in [-0.05, 0) is 24.5 Å². The topological polar surface area (TPSA) is 241 Å². The molecular weight excluding hydrogens is 522 g/mol. The maximum Gasteiger partial charge on any atom is 0.326 e. The Bertz CT molecular complexity index is 1200. The molecule has 0 spiro atoms. The van der Waals surface area contributed by atoms with E-state index in [0.717, 1.165) is 16.5 Å². The first-order valence-electron chi connectivity index (χ1n) is 11.4. The fourth-order valence-corrected chi connectivity index (χ4v) is 3.82. The lowest BCUT2D eigenvalue weighted by molar-refractivity contribution is -0.147. The van der Waals surface area contributed by atoms with Gasteiger partial charge in [-0.1, -0.05) is 18.2 Å². The van der Waals surface area contributed by atoms with Gasteiger partial charge in [-0.2, -0.15) is 12.6 Å². The van der Waals surface area contributed by atoms with Gasteiger partial charge in [0.05, 0.1) is 12.5 Å². The summed E-state index contributed by atoms with van der Waals surface area (Å²) in [4.78, 5) is 74.4. The third-order valence-electron chi connectivity index (χ3n) is 5.54. The molecule has 1 aromatic heterocycles. The maximum absolute atomic E-state index is 12.9. The zero-order chi connectivity index (χ0) is 28.4. The Morgan fingerprint density at radius 3 is 2.08 bits per heavy atom. The van der Waals surface area contributed by atoms with Gasteiger partial charge in [0.25, 0.3) is 0 Å². The van der Waals surface area contributed by atoms with Crippen LogP contribution in [0.4, 0.5) is 0 Å². The number of thiol groups is 1. The highest BCUT2D eigenvalue weighted by Gasteiger charge is 2.31. The summed E-state index contributed by atoms with van der Waals surface area (Å²) in [5, 5.41) is 34.5. The fraction of sp³-hybridized carbons (Fsp3) is 0.391. The summed E-state index contributed by atoms with van der Waals surface area (Å²) in [5.41, 5.74) is 7.65. The number of H-pyrrole nitrogens is 1. The summed E-state index contributed by atoms with van der Waals surface area (Å²) in [5.74, 6) is -7.30. The predicted molar refractivity (Wildman–Crippen MR) is 136 cm³/mol. The van der Waals surface area contributed by atoms with Crippen LogP contribution in [0.15, 0.2) is 30.5 Å².